The van der Waals surface area contributed by atoms with Gasteiger partial charge in [-0.2, -0.15) is 0 Å². The molecule has 1 aliphatic heterocycles. The quantitative estimate of drug-likeness (QED) is 0.694. The molecule has 0 N–H and O–H groups in total. The van der Waals surface area contributed by atoms with Crippen LogP contribution in [-0.2, 0) is 13.5 Å². The number of carbonyl (C=O) groups excluding carboxylic acids is 1. The van der Waals surface area contributed by atoms with Gasteiger partial charge in [-0.3, -0.25) is 4.79 Å². The van der Waals surface area contributed by atoms with Crippen molar-refractivity contribution in [3.8, 4) is 0 Å². The highest BCUT2D eigenvalue weighted by Crippen LogP contribution is 2.29. The van der Waals surface area contributed by atoms with Crippen molar-refractivity contribution in [1.29, 1.82) is 0 Å². The summed E-state index contributed by atoms with van der Waals surface area (Å²) in [5.74, 6) is -0.461. The van der Waals surface area contributed by atoms with Crippen LogP contribution in [-0.4, -0.2) is 27.4 Å². The lowest BCUT2D eigenvalue weighted by molar-refractivity contribution is 0.0985. The summed E-state index contributed by atoms with van der Waals surface area (Å²) in [6, 6.07) is 9.97. The average Bonchev–Trinajstić information content (AvgIpc) is 2.94. The Labute approximate surface area is 132 Å². The van der Waals surface area contributed by atoms with Crippen LogP contribution in [0, 0.1) is 5.82 Å². The molecule has 116 valence electrons. The van der Waals surface area contributed by atoms with Gasteiger partial charge in [-0.1, -0.05) is 11.3 Å². The number of rotatable bonds is 1. The van der Waals surface area contributed by atoms with Crippen LogP contribution in [0.3, 0.4) is 0 Å². The maximum atomic E-state index is 13.6. The predicted octanol–water partition coefficient (Wildman–Crippen LogP) is 2.70. The van der Waals surface area contributed by atoms with E-state index in [4.69, 9.17) is 0 Å². The maximum absolute atomic E-state index is 13.6. The van der Waals surface area contributed by atoms with Crippen molar-refractivity contribution in [3.05, 3.63) is 53.3 Å². The Balaban J connectivity index is 1.75. The van der Waals surface area contributed by atoms with Crippen LogP contribution in [0.2, 0.25) is 0 Å². The molecule has 1 aromatic heterocycles. The van der Waals surface area contributed by atoms with Gasteiger partial charge in [0.05, 0.1) is 11.2 Å². The lowest BCUT2D eigenvalue weighted by Crippen LogP contribution is -2.35. The molecule has 0 aliphatic carbocycles. The first kappa shape index (κ1) is 13.9. The molecule has 0 radical (unpaired) electrons. The van der Waals surface area contributed by atoms with Gasteiger partial charge in [-0.15, -0.1) is 5.10 Å². The summed E-state index contributed by atoms with van der Waals surface area (Å²) >= 11 is 0. The molecule has 5 nitrogen and oxygen atoms in total. The number of hydrogen-bond donors (Lipinski definition) is 0. The van der Waals surface area contributed by atoms with Gasteiger partial charge in [-0.25, -0.2) is 9.07 Å². The van der Waals surface area contributed by atoms with E-state index in [1.807, 2.05) is 6.07 Å². The lowest BCUT2D eigenvalue weighted by atomic mass is 10.0. The van der Waals surface area contributed by atoms with E-state index >= 15 is 0 Å². The van der Waals surface area contributed by atoms with Crippen LogP contribution < -0.4 is 4.90 Å². The van der Waals surface area contributed by atoms with Crippen molar-refractivity contribution >= 4 is 22.6 Å². The van der Waals surface area contributed by atoms with Crippen molar-refractivity contribution in [2.24, 2.45) is 7.05 Å². The second kappa shape index (κ2) is 5.15. The number of nitrogens with zero attached hydrogens (tertiary/aromatic N) is 4. The minimum atomic E-state index is -0.326. The monoisotopic (exact) mass is 310 g/mol. The summed E-state index contributed by atoms with van der Waals surface area (Å²) < 4.78 is 15.2. The summed E-state index contributed by atoms with van der Waals surface area (Å²) in [5.41, 5.74) is 3.75. The first-order valence-electron chi connectivity index (χ1n) is 7.53. The molecule has 3 aromatic rings. The Kier molecular flexibility index (Phi) is 3.11. The lowest BCUT2D eigenvalue weighted by Gasteiger charge is -2.29. The van der Waals surface area contributed by atoms with Gasteiger partial charge in [0, 0.05) is 19.2 Å². The second-order valence-electron chi connectivity index (χ2n) is 5.75. The van der Waals surface area contributed by atoms with E-state index in [0.29, 0.717) is 23.3 Å². The molecule has 0 saturated carbocycles. The topological polar surface area (TPSA) is 51.0 Å². The van der Waals surface area contributed by atoms with Crippen LogP contribution in [0.1, 0.15) is 22.3 Å². The second-order valence-corrected chi connectivity index (χ2v) is 5.75. The molecule has 2 aromatic carbocycles. The van der Waals surface area contributed by atoms with Crippen molar-refractivity contribution in [3.63, 3.8) is 0 Å². The Bertz CT molecular complexity index is 918. The van der Waals surface area contributed by atoms with E-state index in [-0.39, 0.29) is 11.7 Å². The number of fused-ring (bicyclic) bond motifs is 2. The highest BCUT2D eigenvalue weighted by molar-refractivity contribution is 6.08. The third-order valence-corrected chi connectivity index (χ3v) is 4.27. The molecule has 1 amide bonds. The normalized spacial score (nSPS) is 14.1. The number of amides is 1. The fourth-order valence-corrected chi connectivity index (χ4v) is 3.09. The molecule has 0 bridgehead atoms. The number of carbonyl (C=O) groups is 1. The number of hydrogen-bond acceptors (Lipinski definition) is 3. The van der Waals surface area contributed by atoms with Gasteiger partial charge in [0.25, 0.3) is 5.91 Å². The van der Waals surface area contributed by atoms with E-state index < -0.39 is 0 Å². The van der Waals surface area contributed by atoms with Gasteiger partial charge in [-0.05, 0) is 48.7 Å². The van der Waals surface area contributed by atoms with Crippen LogP contribution in [0.4, 0.5) is 10.1 Å². The summed E-state index contributed by atoms with van der Waals surface area (Å²) in [6.45, 7) is 0.591. The maximum Gasteiger partial charge on any atom is 0.258 e. The Morgan fingerprint density at radius 1 is 1.22 bits per heavy atom. The molecule has 0 spiro atoms. The molecule has 0 atom stereocenters. The van der Waals surface area contributed by atoms with Gasteiger partial charge in [0.1, 0.15) is 11.3 Å². The van der Waals surface area contributed by atoms with Gasteiger partial charge in [0.2, 0.25) is 0 Å². The Morgan fingerprint density at radius 3 is 2.96 bits per heavy atom. The zero-order valence-electron chi connectivity index (χ0n) is 12.7. The summed E-state index contributed by atoms with van der Waals surface area (Å²) in [5, 5.41) is 8.00. The van der Waals surface area contributed by atoms with Crippen molar-refractivity contribution in [1.82, 2.24) is 15.0 Å². The molecule has 1 aliphatic rings. The third-order valence-electron chi connectivity index (χ3n) is 4.27. The molecule has 0 fully saturated rings. The van der Waals surface area contributed by atoms with Gasteiger partial charge in [0.15, 0.2) is 0 Å². The Hall–Kier alpha value is -2.76. The molecule has 0 unspecified atom stereocenters. The molecule has 0 saturated heterocycles. The highest BCUT2D eigenvalue weighted by Gasteiger charge is 2.24. The number of anilines is 1. The molecule has 23 heavy (non-hydrogen) atoms. The fraction of sp³-hybridized carbons (Fsp3) is 0.235. The first-order chi connectivity index (χ1) is 11.1. The molecule has 2 heterocycles. The zero-order chi connectivity index (χ0) is 16.0. The van der Waals surface area contributed by atoms with Crippen molar-refractivity contribution < 1.29 is 9.18 Å². The van der Waals surface area contributed by atoms with Crippen LogP contribution in [0.15, 0.2) is 36.4 Å². The first-order valence-corrected chi connectivity index (χ1v) is 7.53. The van der Waals surface area contributed by atoms with E-state index in [2.05, 4.69) is 10.3 Å². The SMILES string of the molecule is Cn1nnc2cc(C(=O)N3CCCc4ccc(F)cc43)ccc21. The number of aromatic nitrogens is 3. The zero-order valence-corrected chi connectivity index (χ0v) is 12.7. The summed E-state index contributed by atoms with van der Waals surface area (Å²) in [6.07, 6.45) is 1.74. The molecular weight excluding hydrogens is 295 g/mol. The minimum Gasteiger partial charge on any atom is -0.308 e. The van der Waals surface area contributed by atoms with Crippen LogP contribution in [0.5, 0.6) is 0 Å². The van der Waals surface area contributed by atoms with Crippen molar-refractivity contribution in [2.75, 3.05) is 11.4 Å². The smallest absolute Gasteiger partial charge is 0.258 e. The summed E-state index contributed by atoms with van der Waals surface area (Å²) in [7, 11) is 1.81. The highest BCUT2D eigenvalue weighted by atomic mass is 19.1. The van der Waals surface area contributed by atoms with E-state index in [0.717, 1.165) is 23.9 Å². The molecule has 4 rings (SSSR count). The number of halogens is 1. The molecular formula is C17H15FN4O. The summed E-state index contributed by atoms with van der Waals surface area (Å²) in [4.78, 5) is 14.5. The third kappa shape index (κ3) is 2.27. The molecule has 6 heteroatoms. The standard InChI is InChI=1S/C17H15FN4O/c1-21-15-7-5-12(9-14(15)19-20-21)17(23)22-8-2-3-11-4-6-13(18)10-16(11)22/h4-7,9-10H,2-3,8H2,1H3. The van der Waals surface area contributed by atoms with Gasteiger partial charge < -0.3 is 4.90 Å². The van der Waals surface area contributed by atoms with Crippen LogP contribution in [0.25, 0.3) is 11.0 Å². The largest absolute Gasteiger partial charge is 0.308 e. The fourth-order valence-electron chi connectivity index (χ4n) is 3.09. The number of aryl methyl sites for hydroxylation is 2. The van der Waals surface area contributed by atoms with Crippen molar-refractivity contribution in [2.45, 2.75) is 12.8 Å². The van der Waals surface area contributed by atoms with E-state index in [1.54, 1.807) is 34.8 Å². The van der Waals surface area contributed by atoms with E-state index in [1.165, 1.54) is 12.1 Å². The average molecular weight is 310 g/mol. The minimum absolute atomic E-state index is 0.135. The van der Waals surface area contributed by atoms with Gasteiger partial charge >= 0.3 is 0 Å². The Morgan fingerprint density at radius 2 is 2.09 bits per heavy atom. The van der Waals surface area contributed by atoms with Crippen LogP contribution >= 0.6 is 0 Å². The number of benzene rings is 2. The predicted molar refractivity (Wildman–Crippen MR) is 84.9 cm³/mol. The van der Waals surface area contributed by atoms with E-state index in [9.17, 15) is 9.18 Å².